The fourth-order valence-electron chi connectivity index (χ4n) is 1.27. The molecule has 0 spiro atoms. The average Bonchev–Trinajstić information content (AvgIpc) is 2.36. The Labute approximate surface area is 124 Å². The largest absolute Gasteiger partial charge is 0.396 e. The SMILES string of the molecule is CC(C)(CO)CNC(=O)c1cc([N+](=O)[O-])ccc1I. The number of benzene rings is 1. The molecule has 1 aromatic rings. The lowest BCUT2D eigenvalue weighted by Gasteiger charge is -2.21. The highest BCUT2D eigenvalue weighted by atomic mass is 127. The minimum atomic E-state index is -0.537. The van der Waals surface area contributed by atoms with Crippen LogP contribution in [0.15, 0.2) is 18.2 Å². The molecule has 0 radical (unpaired) electrons. The zero-order valence-corrected chi connectivity index (χ0v) is 12.8. The van der Waals surface area contributed by atoms with Crippen LogP contribution in [0.1, 0.15) is 24.2 Å². The molecule has 19 heavy (non-hydrogen) atoms. The second-order valence-electron chi connectivity index (χ2n) is 4.93. The number of nitro groups is 1. The molecule has 0 atom stereocenters. The normalized spacial score (nSPS) is 11.2. The van der Waals surface area contributed by atoms with Crippen LogP contribution in [-0.2, 0) is 0 Å². The number of halogens is 1. The first-order valence-corrected chi connectivity index (χ1v) is 6.68. The lowest BCUT2D eigenvalue weighted by atomic mass is 9.95. The second kappa shape index (κ2) is 6.29. The molecule has 0 aliphatic carbocycles. The van der Waals surface area contributed by atoms with Gasteiger partial charge in [-0.15, -0.1) is 0 Å². The molecular weight excluding hydrogens is 363 g/mol. The number of nitro benzene ring substituents is 1. The molecule has 0 bridgehead atoms. The molecule has 0 aliphatic rings. The third-order valence-corrected chi connectivity index (χ3v) is 3.50. The van der Waals surface area contributed by atoms with Gasteiger partial charge in [0.1, 0.15) is 0 Å². The van der Waals surface area contributed by atoms with E-state index >= 15 is 0 Å². The first-order chi connectivity index (χ1) is 8.76. The predicted molar refractivity (Wildman–Crippen MR) is 79.0 cm³/mol. The van der Waals surface area contributed by atoms with Crippen LogP contribution in [0, 0.1) is 19.1 Å². The van der Waals surface area contributed by atoms with Crippen molar-refractivity contribution in [2.45, 2.75) is 13.8 Å². The third kappa shape index (κ3) is 4.43. The van der Waals surface area contributed by atoms with Crippen molar-refractivity contribution in [1.82, 2.24) is 5.32 Å². The molecule has 0 heterocycles. The summed E-state index contributed by atoms with van der Waals surface area (Å²) in [6.45, 7) is 3.86. The standard InChI is InChI=1S/C12H15IN2O4/c1-12(2,7-16)6-14-11(17)9-5-8(15(18)19)3-4-10(9)13/h3-5,16H,6-7H2,1-2H3,(H,14,17). The number of hydrogen-bond acceptors (Lipinski definition) is 4. The number of carbonyl (C=O) groups is 1. The van der Waals surface area contributed by atoms with Gasteiger partial charge in [0.05, 0.1) is 10.5 Å². The Bertz CT molecular complexity index is 503. The van der Waals surface area contributed by atoms with Gasteiger partial charge in [-0.05, 0) is 28.7 Å². The fourth-order valence-corrected chi connectivity index (χ4v) is 1.85. The molecule has 0 unspecified atom stereocenters. The van der Waals surface area contributed by atoms with Crippen LogP contribution in [0.5, 0.6) is 0 Å². The Morgan fingerprint density at radius 2 is 2.16 bits per heavy atom. The van der Waals surface area contributed by atoms with Crippen molar-refractivity contribution in [3.63, 3.8) is 0 Å². The summed E-state index contributed by atoms with van der Waals surface area (Å²) in [4.78, 5) is 22.1. The van der Waals surface area contributed by atoms with Gasteiger partial charge in [0, 0.05) is 34.3 Å². The van der Waals surface area contributed by atoms with Crippen LogP contribution in [0.25, 0.3) is 0 Å². The minimum Gasteiger partial charge on any atom is -0.396 e. The quantitative estimate of drug-likeness (QED) is 0.465. The van der Waals surface area contributed by atoms with E-state index in [0.29, 0.717) is 10.1 Å². The Kier molecular flexibility index (Phi) is 5.24. The second-order valence-corrected chi connectivity index (χ2v) is 6.09. The van der Waals surface area contributed by atoms with Gasteiger partial charge in [0.2, 0.25) is 0 Å². The van der Waals surface area contributed by atoms with Crippen molar-refractivity contribution < 1.29 is 14.8 Å². The number of aliphatic hydroxyl groups is 1. The highest BCUT2D eigenvalue weighted by molar-refractivity contribution is 14.1. The summed E-state index contributed by atoms with van der Waals surface area (Å²) in [5, 5.41) is 22.5. The summed E-state index contributed by atoms with van der Waals surface area (Å²) in [5.74, 6) is -0.380. The lowest BCUT2D eigenvalue weighted by molar-refractivity contribution is -0.384. The highest BCUT2D eigenvalue weighted by Crippen LogP contribution is 2.20. The van der Waals surface area contributed by atoms with Gasteiger partial charge in [0.25, 0.3) is 11.6 Å². The zero-order chi connectivity index (χ0) is 14.6. The number of aliphatic hydroxyl groups excluding tert-OH is 1. The summed E-state index contributed by atoms with van der Waals surface area (Å²) in [7, 11) is 0. The average molecular weight is 378 g/mol. The predicted octanol–water partition coefficient (Wildman–Crippen LogP) is 1.95. The summed E-state index contributed by atoms with van der Waals surface area (Å²) in [5.41, 5.74) is -0.280. The van der Waals surface area contributed by atoms with Gasteiger partial charge in [0.15, 0.2) is 0 Å². The Balaban J connectivity index is 2.88. The highest BCUT2D eigenvalue weighted by Gasteiger charge is 2.20. The van der Waals surface area contributed by atoms with Crippen LogP contribution >= 0.6 is 22.6 Å². The van der Waals surface area contributed by atoms with Crippen molar-refractivity contribution in [1.29, 1.82) is 0 Å². The molecule has 0 aromatic heterocycles. The first-order valence-electron chi connectivity index (χ1n) is 5.60. The van der Waals surface area contributed by atoms with Crippen LogP contribution in [0.2, 0.25) is 0 Å². The van der Waals surface area contributed by atoms with Gasteiger partial charge in [-0.25, -0.2) is 0 Å². The Morgan fingerprint density at radius 1 is 1.53 bits per heavy atom. The van der Waals surface area contributed by atoms with Crippen LogP contribution in [-0.4, -0.2) is 29.1 Å². The topological polar surface area (TPSA) is 92.5 Å². The number of amides is 1. The van der Waals surface area contributed by atoms with Crippen LogP contribution in [0.4, 0.5) is 5.69 Å². The first kappa shape index (κ1) is 15.8. The summed E-state index contributed by atoms with van der Waals surface area (Å²) < 4.78 is 0.641. The maximum atomic E-state index is 12.0. The maximum Gasteiger partial charge on any atom is 0.270 e. The molecule has 2 N–H and O–H groups in total. The summed E-state index contributed by atoms with van der Waals surface area (Å²) in [6, 6.07) is 4.14. The lowest BCUT2D eigenvalue weighted by Crippen LogP contribution is -2.36. The fraction of sp³-hybridized carbons (Fsp3) is 0.417. The molecule has 6 nitrogen and oxygen atoms in total. The van der Waals surface area contributed by atoms with Crippen molar-refractivity contribution in [3.8, 4) is 0 Å². The summed E-state index contributed by atoms with van der Waals surface area (Å²) in [6.07, 6.45) is 0. The van der Waals surface area contributed by atoms with E-state index in [1.165, 1.54) is 18.2 Å². The van der Waals surface area contributed by atoms with E-state index in [0.717, 1.165) is 0 Å². The van der Waals surface area contributed by atoms with Crippen molar-refractivity contribution >= 4 is 34.2 Å². The van der Waals surface area contributed by atoms with Crippen molar-refractivity contribution in [2.24, 2.45) is 5.41 Å². The molecule has 0 saturated heterocycles. The summed E-state index contributed by atoms with van der Waals surface area (Å²) >= 11 is 1.95. The molecule has 0 aliphatic heterocycles. The van der Waals surface area contributed by atoms with Gasteiger partial charge >= 0.3 is 0 Å². The molecular formula is C12H15IN2O4. The van der Waals surface area contributed by atoms with Gasteiger partial charge in [-0.2, -0.15) is 0 Å². The smallest absolute Gasteiger partial charge is 0.270 e. The molecule has 0 fully saturated rings. The van der Waals surface area contributed by atoms with E-state index in [-0.39, 0.29) is 23.8 Å². The number of nitrogens with zero attached hydrogens (tertiary/aromatic N) is 1. The molecule has 0 saturated carbocycles. The number of hydrogen-bond donors (Lipinski definition) is 2. The molecule has 1 amide bonds. The van der Waals surface area contributed by atoms with E-state index in [9.17, 15) is 14.9 Å². The molecule has 7 heteroatoms. The van der Waals surface area contributed by atoms with Crippen LogP contribution in [0.3, 0.4) is 0 Å². The number of rotatable bonds is 5. The van der Waals surface area contributed by atoms with Crippen molar-refractivity contribution in [3.05, 3.63) is 37.4 Å². The van der Waals surface area contributed by atoms with E-state index in [1.54, 1.807) is 0 Å². The molecule has 1 aromatic carbocycles. The third-order valence-electron chi connectivity index (χ3n) is 2.56. The van der Waals surface area contributed by atoms with Gasteiger partial charge < -0.3 is 10.4 Å². The van der Waals surface area contributed by atoms with Crippen LogP contribution < -0.4 is 5.32 Å². The van der Waals surface area contributed by atoms with E-state index < -0.39 is 10.3 Å². The van der Waals surface area contributed by atoms with Gasteiger partial charge in [-0.3, -0.25) is 14.9 Å². The molecule has 104 valence electrons. The van der Waals surface area contributed by atoms with Crippen molar-refractivity contribution in [2.75, 3.05) is 13.2 Å². The number of non-ortho nitro benzene ring substituents is 1. The zero-order valence-electron chi connectivity index (χ0n) is 10.6. The monoisotopic (exact) mass is 378 g/mol. The minimum absolute atomic E-state index is 0.0562. The van der Waals surface area contributed by atoms with Gasteiger partial charge in [-0.1, -0.05) is 13.8 Å². The number of nitrogens with one attached hydrogen (secondary N) is 1. The Hall–Kier alpha value is -1.22. The number of carbonyl (C=O) groups excluding carboxylic acids is 1. The van der Waals surface area contributed by atoms with E-state index in [2.05, 4.69) is 5.32 Å². The van der Waals surface area contributed by atoms with E-state index in [4.69, 9.17) is 5.11 Å². The Morgan fingerprint density at radius 3 is 2.68 bits per heavy atom. The van der Waals surface area contributed by atoms with E-state index in [1.807, 2.05) is 36.4 Å². The molecule has 1 rings (SSSR count). The maximum absolute atomic E-state index is 12.0.